The van der Waals surface area contributed by atoms with E-state index in [0.29, 0.717) is 35.2 Å². The highest BCUT2D eigenvalue weighted by molar-refractivity contribution is 7.99. The molecule has 1 fully saturated rings. The predicted molar refractivity (Wildman–Crippen MR) is 94.3 cm³/mol. The number of H-pyrrole nitrogens is 1. The molecule has 3 rings (SSSR count). The molecule has 0 saturated heterocycles. The summed E-state index contributed by atoms with van der Waals surface area (Å²) in [6.07, 6.45) is 2.27. The van der Waals surface area contributed by atoms with Gasteiger partial charge < -0.3 is 14.3 Å². The number of aryl methyl sites for hydroxylation is 2. The maximum Gasteiger partial charge on any atom is 0.340 e. The molecule has 7 nitrogen and oxygen atoms in total. The Morgan fingerprint density at radius 1 is 1.28 bits per heavy atom. The van der Waals surface area contributed by atoms with Gasteiger partial charge in [0.15, 0.2) is 10.9 Å². The lowest BCUT2D eigenvalue weighted by Crippen LogP contribution is -2.09. The number of ether oxygens (including phenoxy) is 1. The minimum absolute atomic E-state index is 0.0656. The van der Waals surface area contributed by atoms with E-state index in [4.69, 9.17) is 4.74 Å². The second-order valence-electron chi connectivity index (χ2n) is 6.19. The van der Waals surface area contributed by atoms with Gasteiger partial charge in [0.05, 0.1) is 23.6 Å². The van der Waals surface area contributed by atoms with Crippen molar-refractivity contribution < 1.29 is 14.3 Å². The zero-order valence-electron chi connectivity index (χ0n) is 14.9. The third-order valence-electron chi connectivity index (χ3n) is 4.28. The van der Waals surface area contributed by atoms with Crippen molar-refractivity contribution >= 4 is 23.5 Å². The number of esters is 1. The van der Waals surface area contributed by atoms with E-state index in [1.807, 2.05) is 6.92 Å². The van der Waals surface area contributed by atoms with Crippen LogP contribution in [-0.2, 0) is 4.74 Å². The number of ketones is 1. The van der Waals surface area contributed by atoms with Crippen LogP contribution in [0.5, 0.6) is 0 Å². The summed E-state index contributed by atoms with van der Waals surface area (Å²) in [7, 11) is 0. The molecule has 134 valence electrons. The number of hydrogen-bond donors (Lipinski definition) is 1. The zero-order chi connectivity index (χ0) is 18.1. The first-order chi connectivity index (χ1) is 11.9. The Labute approximate surface area is 150 Å². The second-order valence-corrected chi connectivity index (χ2v) is 7.13. The quantitative estimate of drug-likeness (QED) is 0.463. The molecule has 0 spiro atoms. The van der Waals surface area contributed by atoms with Crippen molar-refractivity contribution in [2.75, 3.05) is 12.4 Å². The molecule has 1 N–H and O–H groups in total. The summed E-state index contributed by atoms with van der Waals surface area (Å²) in [6.45, 7) is 7.54. The van der Waals surface area contributed by atoms with Gasteiger partial charge >= 0.3 is 5.97 Å². The predicted octanol–water partition coefficient (Wildman–Crippen LogP) is 3.02. The topological polar surface area (TPSA) is 89.9 Å². The molecule has 0 atom stereocenters. The lowest BCUT2D eigenvalue weighted by molar-refractivity contribution is 0.0525. The van der Waals surface area contributed by atoms with Crippen LogP contribution >= 0.6 is 11.8 Å². The molecule has 0 aromatic carbocycles. The first-order valence-electron chi connectivity index (χ1n) is 8.37. The molecular weight excluding hydrogens is 340 g/mol. The second kappa shape index (κ2) is 7.03. The van der Waals surface area contributed by atoms with Crippen LogP contribution in [0.4, 0.5) is 0 Å². The molecule has 1 aliphatic rings. The van der Waals surface area contributed by atoms with E-state index in [0.717, 1.165) is 23.8 Å². The molecule has 2 aromatic rings. The van der Waals surface area contributed by atoms with Gasteiger partial charge in [0.1, 0.15) is 5.82 Å². The number of aromatic amines is 1. The summed E-state index contributed by atoms with van der Waals surface area (Å²) in [6, 6.07) is 0.470. The standard InChI is InChI=1S/C17H22N4O3S/c1-5-24-16(23)14-9(2)15(18-10(14)3)13(22)8-25-17-20-19-11(4)21(17)12-6-7-12/h12,18H,5-8H2,1-4H3. The van der Waals surface area contributed by atoms with Crippen LogP contribution < -0.4 is 0 Å². The average Bonchev–Trinajstić information content (AvgIpc) is 3.26. The summed E-state index contributed by atoms with van der Waals surface area (Å²) in [4.78, 5) is 27.7. The van der Waals surface area contributed by atoms with Crippen molar-refractivity contribution in [1.29, 1.82) is 0 Å². The zero-order valence-corrected chi connectivity index (χ0v) is 15.7. The largest absolute Gasteiger partial charge is 0.462 e. The number of aromatic nitrogens is 4. The van der Waals surface area contributed by atoms with E-state index < -0.39 is 5.97 Å². The van der Waals surface area contributed by atoms with Gasteiger partial charge in [-0.1, -0.05) is 11.8 Å². The lowest BCUT2D eigenvalue weighted by atomic mass is 10.1. The Kier molecular flexibility index (Phi) is 4.99. The van der Waals surface area contributed by atoms with Gasteiger partial charge in [-0.3, -0.25) is 4.79 Å². The maximum atomic E-state index is 12.6. The van der Waals surface area contributed by atoms with E-state index in [1.165, 1.54) is 11.8 Å². The third-order valence-corrected chi connectivity index (χ3v) is 5.22. The normalized spacial score (nSPS) is 13.9. The van der Waals surface area contributed by atoms with Gasteiger partial charge in [0.25, 0.3) is 0 Å². The molecule has 0 radical (unpaired) electrons. The molecule has 0 aliphatic heterocycles. The van der Waals surface area contributed by atoms with Gasteiger partial charge in [-0.05, 0) is 46.1 Å². The molecule has 1 aliphatic carbocycles. The van der Waals surface area contributed by atoms with Crippen LogP contribution in [0.3, 0.4) is 0 Å². The third kappa shape index (κ3) is 3.49. The van der Waals surface area contributed by atoms with Gasteiger partial charge in [0.2, 0.25) is 0 Å². The molecule has 0 unspecified atom stereocenters. The first-order valence-corrected chi connectivity index (χ1v) is 9.36. The van der Waals surface area contributed by atoms with Gasteiger partial charge in [0, 0.05) is 11.7 Å². The molecule has 2 heterocycles. The number of hydrogen-bond acceptors (Lipinski definition) is 6. The van der Waals surface area contributed by atoms with Crippen LogP contribution in [0.2, 0.25) is 0 Å². The number of nitrogens with zero attached hydrogens (tertiary/aromatic N) is 3. The van der Waals surface area contributed by atoms with Crippen molar-refractivity contribution in [3.63, 3.8) is 0 Å². The molecule has 25 heavy (non-hydrogen) atoms. The Morgan fingerprint density at radius 2 is 2.00 bits per heavy atom. The highest BCUT2D eigenvalue weighted by Gasteiger charge is 2.29. The number of carbonyl (C=O) groups is 2. The Morgan fingerprint density at radius 3 is 2.64 bits per heavy atom. The smallest absolute Gasteiger partial charge is 0.340 e. The van der Waals surface area contributed by atoms with Crippen LogP contribution in [-0.4, -0.2) is 43.9 Å². The number of Topliss-reactive ketones (excluding diaryl/α,β-unsaturated/α-hetero) is 1. The van der Waals surface area contributed by atoms with Gasteiger partial charge in [-0.25, -0.2) is 4.79 Å². The fourth-order valence-electron chi connectivity index (χ4n) is 2.94. The summed E-state index contributed by atoms with van der Waals surface area (Å²) >= 11 is 1.39. The first kappa shape index (κ1) is 17.7. The Hall–Kier alpha value is -2.09. The average molecular weight is 362 g/mol. The summed E-state index contributed by atoms with van der Waals surface area (Å²) in [5, 5.41) is 9.08. The van der Waals surface area contributed by atoms with Crippen molar-refractivity contribution in [1.82, 2.24) is 19.7 Å². The van der Waals surface area contributed by atoms with Crippen molar-refractivity contribution in [2.24, 2.45) is 0 Å². The summed E-state index contributed by atoms with van der Waals surface area (Å²) in [5.74, 6) is 0.663. The van der Waals surface area contributed by atoms with Crippen LogP contribution in [0.25, 0.3) is 0 Å². The minimum atomic E-state index is -0.399. The molecule has 0 amide bonds. The maximum absolute atomic E-state index is 12.6. The Bertz CT molecular complexity index is 820. The number of rotatable bonds is 7. The molecule has 8 heteroatoms. The molecule has 0 bridgehead atoms. The SMILES string of the molecule is CCOC(=O)c1c(C)[nH]c(C(=O)CSc2nnc(C)n2C2CC2)c1C. The van der Waals surface area contributed by atoms with E-state index >= 15 is 0 Å². The highest BCUT2D eigenvalue weighted by Crippen LogP contribution is 2.38. The highest BCUT2D eigenvalue weighted by atomic mass is 32.2. The fraction of sp³-hybridized carbons (Fsp3) is 0.529. The van der Waals surface area contributed by atoms with E-state index in [1.54, 1.807) is 20.8 Å². The van der Waals surface area contributed by atoms with Crippen molar-refractivity contribution in [3.05, 3.63) is 28.3 Å². The summed E-state index contributed by atoms with van der Waals surface area (Å²) in [5.41, 5.74) is 2.21. The van der Waals surface area contributed by atoms with Crippen LogP contribution in [0, 0.1) is 20.8 Å². The number of thioether (sulfide) groups is 1. The van der Waals surface area contributed by atoms with Crippen molar-refractivity contribution in [2.45, 2.75) is 51.7 Å². The fourth-order valence-corrected chi connectivity index (χ4v) is 3.87. The summed E-state index contributed by atoms with van der Waals surface area (Å²) < 4.78 is 7.17. The van der Waals surface area contributed by atoms with Gasteiger partial charge in [-0.15, -0.1) is 10.2 Å². The monoisotopic (exact) mass is 362 g/mol. The molecular formula is C17H22N4O3S. The number of carbonyl (C=O) groups excluding carboxylic acids is 2. The van der Waals surface area contributed by atoms with Gasteiger partial charge in [-0.2, -0.15) is 0 Å². The van der Waals surface area contributed by atoms with E-state index in [9.17, 15) is 9.59 Å². The Balaban J connectivity index is 1.74. The molecule has 2 aromatic heterocycles. The van der Waals surface area contributed by atoms with Crippen LogP contribution in [0.1, 0.15) is 63.7 Å². The van der Waals surface area contributed by atoms with E-state index in [-0.39, 0.29) is 11.5 Å². The van der Waals surface area contributed by atoms with Crippen molar-refractivity contribution in [3.8, 4) is 0 Å². The molecule has 1 saturated carbocycles. The van der Waals surface area contributed by atoms with E-state index in [2.05, 4.69) is 19.7 Å². The van der Waals surface area contributed by atoms with Crippen LogP contribution in [0.15, 0.2) is 5.16 Å². The number of nitrogens with one attached hydrogen (secondary N) is 1. The lowest BCUT2D eigenvalue weighted by Gasteiger charge is -2.06. The minimum Gasteiger partial charge on any atom is -0.462 e.